The molecule has 0 saturated heterocycles. The van der Waals surface area contributed by atoms with Crippen LogP contribution in [-0.2, 0) is 0 Å². The van der Waals surface area contributed by atoms with Crippen LogP contribution in [-0.4, -0.2) is 33.6 Å². The molecular weight excluding hydrogens is 182 g/mol. The number of H-pyrrole nitrogens is 1. The molecule has 1 aromatic rings. The van der Waals surface area contributed by atoms with Crippen molar-refractivity contribution >= 4 is 5.91 Å². The summed E-state index contributed by atoms with van der Waals surface area (Å²) in [6.07, 6.45) is 4.11. The monoisotopic (exact) mass is 197 g/mol. The van der Waals surface area contributed by atoms with Crippen LogP contribution in [0.5, 0.6) is 0 Å². The Kier molecular flexibility index (Phi) is 4.12. The lowest BCUT2D eigenvalue weighted by Gasteiger charge is -2.04. The largest absolute Gasteiger partial charge is 0.393 e. The molecule has 1 rings (SSSR count). The SMILES string of the molecule is CC(O)CCCNC(=O)c1cnc[nH]1. The van der Waals surface area contributed by atoms with Crippen LogP contribution in [0.1, 0.15) is 30.3 Å². The third kappa shape index (κ3) is 3.57. The average molecular weight is 197 g/mol. The third-order valence-electron chi connectivity index (χ3n) is 1.83. The summed E-state index contributed by atoms with van der Waals surface area (Å²) in [5.74, 6) is -0.159. The van der Waals surface area contributed by atoms with Crippen molar-refractivity contribution in [3.8, 4) is 0 Å². The van der Waals surface area contributed by atoms with E-state index in [-0.39, 0.29) is 12.0 Å². The maximum absolute atomic E-state index is 11.3. The molecule has 0 saturated carbocycles. The normalized spacial score (nSPS) is 12.4. The number of nitrogens with zero attached hydrogens (tertiary/aromatic N) is 1. The maximum Gasteiger partial charge on any atom is 0.269 e. The number of aromatic nitrogens is 2. The van der Waals surface area contributed by atoms with Crippen LogP contribution < -0.4 is 5.32 Å². The molecule has 0 aliphatic heterocycles. The van der Waals surface area contributed by atoms with Crippen LogP contribution in [0, 0.1) is 0 Å². The topological polar surface area (TPSA) is 78.0 Å². The second-order valence-electron chi connectivity index (χ2n) is 3.21. The minimum atomic E-state index is -0.306. The molecule has 3 N–H and O–H groups in total. The van der Waals surface area contributed by atoms with E-state index in [0.29, 0.717) is 18.7 Å². The van der Waals surface area contributed by atoms with Crippen molar-refractivity contribution in [2.24, 2.45) is 0 Å². The smallest absolute Gasteiger partial charge is 0.269 e. The Morgan fingerprint density at radius 1 is 1.79 bits per heavy atom. The van der Waals surface area contributed by atoms with Crippen molar-refractivity contribution < 1.29 is 9.90 Å². The van der Waals surface area contributed by atoms with Crippen molar-refractivity contribution in [3.63, 3.8) is 0 Å². The van der Waals surface area contributed by atoms with Crippen molar-refractivity contribution in [3.05, 3.63) is 18.2 Å². The molecular formula is C9H15N3O2. The van der Waals surface area contributed by atoms with E-state index in [2.05, 4.69) is 15.3 Å². The predicted octanol–water partition coefficient (Wildman–Crippen LogP) is 0.300. The number of amides is 1. The van der Waals surface area contributed by atoms with Gasteiger partial charge in [0.2, 0.25) is 0 Å². The molecule has 0 aliphatic rings. The highest BCUT2D eigenvalue weighted by Crippen LogP contribution is 1.95. The number of hydrogen-bond donors (Lipinski definition) is 3. The Morgan fingerprint density at radius 2 is 2.57 bits per heavy atom. The zero-order valence-electron chi connectivity index (χ0n) is 8.16. The lowest BCUT2D eigenvalue weighted by atomic mass is 10.2. The highest BCUT2D eigenvalue weighted by Gasteiger charge is 2.05. The van der Waals surface area contributed by atoms with Gasteiger partial charge < -0.3 is 15.4 Å². The van der Waals surface area contributed by atoms with Gasteiger partial charge in [-0.2, -0.15) is 0 Å². The van der Waals surface area contributed by atoms with Gasteiger partial charge >= 0.3 is 0 Å². The summed E-state index contributed by atoms with van der Waals surface area (Å²) < 4.78 is 0. The van der Waals surface area contributed by atoms with Crippen LogP contribution in [0.15, 0.2) is 12.5 Å². The van der Waals surface area contributed by atoms with Crippen LogP contribution in [0.2, 0.25) is 0 Å². The van der Waals surface area contributed by atoms with Gasteiger partial charge in [-0.25, -0.2) is 4.98 Å². The number of hydrogen-bond acceptors (Lipinski definition) is 3. The second kappa shape index (κ2) is 5.39. The molecule has 5 heteroatoms. The summed E-state index contributed by atoms with van der Waals surface area (Å²) in [5.41, 5.74) is 0.460. The Bertz CT molecular complexity index is 270. The highest BCUT2D eigenvalue weighted by atomic mass is 16.3. The van der Waals surface area contributed by atoms with Gasteiger partial charge in [-0.1, -0.05) is 0 Å². The van der Waals surface area contributed by atoms with Crippen LogP contribution in [0.25, 0.3) is 0 Å². The van der Waals surface area contributed by atoms with E-state index in [4.69, 9.17) is 5.11 Å². The molecule has 0 fully saturated rings. The summed E-state index contributed by atoms with van der Waals surface area (Å²) in [5, 5.41) is 11.7. The minimum absolute atomic E-state index is 0.159. The van der Waals surface area contributed by atoms with Gasteiger partial charge in [0.05, 0.1) is 18.6 Å². The molecule has 14 heavy (non-hydrogen) atoms. The molecule has 1 aromatic heterocycles. The fraction of sp³-hybridized carbons (Fsp3) is 0.556. The van der Waals surface area contributed by atoms with Crippen LogP contribution >= 0.6 is 0 Å². The first-order chi connectivity index (χ1) is 6.70. The lowest BCUT2D eigenvalue weighted by molar-refractivity contribution is 0.0945. The fourth-order valence-electron chi connectivity index (χ4n) is 1.07. The standard InChI is InChI=1S/C9H15N3O2/c1-7(13)3-2-4-11-9(14)8-5-10-6-12-8/h5-7,13H,2-4H2,1H3,(H,10,12)(H,11,14). The van der Waals surface area contributed by atoms with Gasteiger partial charge in [0.15, 0.2) is 0 Å². The first kappa shape index (κ1) is 10.7. The first-order valence-electron chi connectivity index (χ1n) is 4.65. The highest BCUT2D eigenvalue weighted by molar-refractivity contribution is 5.91. The quantitative estimate of drug-likeness (QED) is 0.594. The van der Waals surface area contributed by atoms with Crippen molar-refractivity contribution in [1.82, 2.24) is 15.3 Å². The second-order valence-corrected chi connectivity index (χ2v) is 3.21. The van der Waals surface area contributed by atoms with Gasteiger partial charge in [0.25, 0.3) is 5.91 Å². The molecule has 0 spiro atoms. The number of carbonyl (C=O) groups excluding carboxylic acids is 1. The van der Waals surface area contributed by atoms with Crippen LogP contribution in [0.3, 0.4) is 0 Å². The van der Waals surface area contributed by atoms with Gasteiger partial charge in [0, 0.05) is 6.54 Å². The summed E-state index contributed by atoms with van der Waals surface area (Å²) >= 11 is 0. The van der Waals surface area contributed by atoms with Gasteiger partial charge in [-0.05, 0) is 19.8 Å². The van der Waals surface area contributed by atoms with Crippen LogP contribution in [0.4, 0.5) is 0 Å². The zero-order valence-corrected chi connectivity index (χ0v) is 8.16. The molecule has 78 valence electrons. The number of carbonyl (C=O) groups is 1. The van der Waals surface area contributed by atoms with Crippen molar-refractivity contribution in [1.29, 1.82) is 0 Å². The number of aliphatic hydroxyl groups is 1. The first-order valence-corrected chi connectivity index (χ1v) is 4.65. The summed E-state index contributed by atoms with van der Waals surface area (Å²) in [6, 6.07) is 0. The predicted molar refractivity (Wildman–Crippen MR) is 51.8 cm³/mol. The molecule has 1 unspecified atom stereocenters. The average Bonchev–Trinajstić information content (AvgIpc) is 2.64. The van der Waals surface area contributed by atoms with E-state index >= 15 is 0 Å². The third-order valence-corrected chi connectivity index (χ3v) is 1.83. The van der Waals surface area contributed by atoms with E-state index in [0.717, 1.165) is 6.42 Å². The fourth-order valence-corrected chi connectivity index (χ4v) is 1.07. The van der Waals surface area contributed by atoms with E-state index in [1.165, 1.54) is 12.5 Å². The van der Waals surface area contributed by atoms with E-state index in [9.17, 15) is 4.79 Å². The number of imidazole rings is 1. The molecule has 1 amide bonds. The Hall–Kier alpha value is -1.36. The van der Waals surface area contributed by atoms with Gasteiger partial charge in [0.1, 0.15) is 5.69 Å². The molecule has 0 aliphatic carbocycles. The van der Waals surface area contributed by atoms with Crippen molar-refractivity contribution in [2.45, 2.75) is 25.9 Å². The van der Waals surface area contributed by atoms with Gasteiger partial charge in [-0.15, -0.1) is 0 Å². The van der Waals surface area contributed by atoms with E-state index < -0.39 is 0 Å². The number of nitrogens with one attached hydrogen (secondary N) is 2. The number of rotatable bonds is 5. The van der Waals surface area contributed by atoms with Crippen molar-refractivity contribution in [2.75, 3.05) is 6.54 Å². The molecule has 5 nitrogen and oxygen atoms in total. The Morgan fingerprint density at radius 3 is 3.14 bits per heavy atom. The number of aromatic amines is 1. The molecule has 1 heterocycles. The molecule has 0 aromatic carbocycles. The molecule has 1 atom stereocenters. The minimum Gasteiger partial charge on any atom is -0.393 e. The molecule has 0 radical (unpaired) electrons. The summed E-state index contributed by atoms with van der Waals surface area (Å²) in [7, 11) is 0. The molecule has 0 bridgehead atoms. The Labute approximate surface area is 82.6 Å². The zero-order chi connectivity index (χ0) is 10.4. The maximum atomic E-state index is 11.3. The van der Waals surface area contributed by atoms with E-state index in [1.54, 1.807) is 6.92 Å². The Balaban J connectivity index is 2.16. The van der Waals surface area contributed by atoms with E-state index in [1.807, 2.05) is 0 Å². The van der Waals surface area contributed by atoms with Gasteiger partial charge in [-0.3, -0.25) is 4.79 Å². The lowest BCUT2D eigenvalue weighted by Crippen LogP contribution is -2.25. The number of aliphatic hydroxyl groups excluding tert-OH is 1. The summed E-state index contributed by atoms with van der Waals surface area (Å²) in [4.78, 5) is 17.8. The summed E-state index contributed by atoms with van der Waals surface area (Å²) in [6.45, 7) is 2.31.